The largest absolute Gasteiger partial charge is 0.321 e. The van der Waals surface area contributed by atoms with E-state index in [0.29, 0.717) is 4.88 Å². The van der Waals surface area contributed by atoms with Crippen molar-refractivity contribution in [2.45, 2.75) is 19.2 Å². The Kier molecular flexibility index (Phi) is 4.14. The minimum atomic E-state index is -0.0929. The third kappa shape index (κ3) is 2.97. The number of carbonyl (C=O) groups excluding carboxylic acids is 1. The third-order valence-electron chi connectivity index (χ3n) is 2.48. The van der Waals surface area contributed by atoms with E-state index < -0.39 is 0 Å². The lowest BCUT2D eigenvalue weighted by molar-refractivity contribution is 0.103. The van der Waals surface area contributed by atoms with E-state index in [-0.39, 0.29) is 5.91 Å². The van der Waals surface area contributed by atoms with E-state index in [4.69, 9.17) is 0 Å². The molecule has 0 unspecified atom stereocenters. The van der Waals surface area contributed by atoms with E-state index in [1.54, 1.807) is 0 Å². The first kappa shape index (κ1) is 13.2. The highest BCUT2D eigenvalue weighted by Crippen LogP contribution is 2.19. The molecule has 0 spiro atoms. The van der Waals surface area contributed by atoms with Gasteiger partial charge >= 0.3 is 0 Å². The minimum Gasteiger partial charge on any atom is -0.321 e. The Labute approximate surface area is 118 Å². The summed E-state index contributed by atoms with van der Waals surface area (Å²) in [7, 11) is 0. The summed E-state index contributed by atoms with van der Waals surface area (Å²) >= 11 is 4.81. The Balaban J connectivity index is 2.13. The Morgan fingerprint density at radius 2 is 2.00 bits per heavy atom. The van der Waals surface area contributed by atoms with Crippen LogP contribution in [0, 0.1) is 13.8 Å². The number of nitrogens with zero attached hydrogens (tertiary/aromatic N) is 1. The molecule has 0 aliphatic heterocycles. The van der Waals surface area contributed by atoms with Crippen LogP contribution in [0.3, 0.4) is 0 Å². The van der Waals surface area contributed by atoms with Crippen LogP contribution in [-0.2, 0) is 5.33 Å². The lowest BCUT2D eigenvalue weighted by Gasteiger charge is -2.04. The van der Waals surface area contributed by atoms with Crippen molar-refractivity contribution in [2.75, 3.05) is 5.32 Å². The zero-order valence-corrected chi connectivity index (χ0v) is 12.6. The van der Waals surface area contributed by atoms with Crippen molar-refractivity contribution < 1.29 is 4.79 Å². The Hall–Kier alpha value is -1.20. The fraction of sp³-hybridized carbons (Fsp3) is 0.231. The summed E-state index contributed by atoms with van der Waals surface area (Å²) in [5.41, 5.74) is 2.76. The van der Waals surface area contributed by atoms with Gasteiger partial charge in [-0.25, -0.2) is 4.98 Å². The first-order chi connectivity index (χ1) is 8.60. The summed E-state index contributed by atoms with van der Waals surface area (Å²) in [4.78, 5) is 17.0. The lowest BCUT2D eigenvalue weighted by Crippen LogP contribution is -2.11. The summed E-state index contributed by atoms with van der Waals surface area (Å²) in [6.07, 6.45) is 0. The number of carbonyl (C=O) groups is 1. The SMILES string of the molecule is Cc1nc(C)c(C(=O)Nc2ccc(CBr)cc2)s1. The van der Waals surface area contributed by atoms with Gasteiger partial charge in [0.15, 0.2) is 0 Å². The predicted octanol–water partition coefficient (Wildman–Crippen LogP) is 3.91. The van der Waals surface area contributed by atoms with Crippen LogP contribution in [0.25, 0.3) is 0 Å². The average molecular weight is 325 g/mol. The molecular weight excluding hydrogens is 312 g/mol. The smallest absolute Gasteiger partial charge is 0.267 e. The highest BCUT2D eigenvalue weighted by molar-refractivity contribution is 9.08. The number of halogens is 1. The van der Waals surface area contributed by atoms with Crippen molar-refractivity contribution in [3.8, 4) is 0 Å². The number of benzene rings is 1. The molecule has 0 bridgehead atoms. The highest BCUT2D eigenvalue weighted by atomic mass is 79.9. The Morgan fingerprint density at radius 1 is 1.33 bits per heavy atom. The van der Waals surface area contributed by atoms with Crippen LogP contribution in [0.15, 0.2) is 24.3 Å². The number of hydrogen-bond acceptors (Lipinski definition) is 3. The number of aromatic nitrogens is 1. The molecule has 0 saturated carbocycles. The maximum Gasteiger partial charge on any atom is 0.267 e. The standard InChI is InChI=1S/C13H13BrN2OS/c1-8-12(18-9(2)15-8)13(17)16-11-5-3-10(7-14)4-6-11/h3-6H,7H2,1-2H3,(H,16,17). The number of rotatable bonds is 3. The molecule has 5 heteroatoms. The Bertz CT molecular complexity index is 563. The second-order valence-corrected chi connectivity index (χ2v) is 5.70. The number of anilines is 1. The molecule has 1 aromatic heterocycles. The van der Waals surface area contributed by atoms with Crippen LogP contribution in [0.2, 0.25) is 0 Å². The van der Waals surface area contributed by atoms with Crippen molar-refractivity contribution in [3.05, 3.63) is 45.4 Å². The van der Waals surface area contributed by atoms with Crippen molar-refractivity contribution >= 4 is 38.9 Å². The van der Waals surface area contributed by atoms with Gasteiger partial charge in [-0.05, 0) is 31.5 Å². The number of amides is 1. The number of nitrogens with one attached hydrogen (secondary N) is 1. The second kappa shape index (κ2) is 5.63. The van der Waals surface area contributed by atoms with E-state index in [2.05, 4.69) is 26.2 Å². The van der Waals surface area contributed by atoms with E-state index in [1.165, 1.54) is 16.9 Å². The molecule has 0 aliphatic rings. The van der Waals surface area contributed by atoms with Crippen molar-refractivity contribution in [1.29, 1.82) is 0 Å². The molecule has 1 heterocycles. The predicted molar refractivity (Wildman–Crippen MR) is 78.6 cm³/mol. The summed E-state index contributed by atoms with van der Waals surface area (Å²) in [5, 5.41) is 4.60. The third-order valence-corrected chi connectivity index (χ3v) is 4.19. The molecular formula is C13H13BrN2OS. The number of thiazole rings is 1. The lowest BCUT2D eigenvalue weighted by atomic mass is 10.2. The molecule has 1 N–H and O–H groups in total. The normalized spacial score (nSPS) is 10.4. The fourth-order valence-corrected chi connectivity index (χ4v) is 2.80. The molecule has 18 heavy (non-hydrogen) atoms. The second-order valence-electron chi connectivity index (χ2n) is 3.93. The van der Waals surface area contributed by atoms with Gasteiger partial charge < -0.3 is 5.32 Å². The van der Waals surface area contributed by atoms with Crippen LogP contribution < -0.4 is 5.32 Å². The maximum absolute atomic E-state index is 12.1. The molecule has 94 valence electrons. The number of alkyl halides is 1. The molecule has 2 rings (SSSR count). The highest BCUT2D eigenvalue weighted by Gasteiger charge is 2.13. The van der Waals surface area contributed by atoms with E-state index in [0.717, 1.165) is 21.7 Å². The van der Waals surface area contributed by atoms with Gasteiger partial charge in [-0.2, -0.15) is 0 Å². The van der Waals surface area contributed by atoms with Gasteiger partial charge in [0.1, 0.15) is 4.88 Å². The van der Waals surface area contributed by atoms with Gasteiger partial charge in [0.05, 0.1) is 10.7 Å². The quantitative estimate of drug-likeness (QED) is 0.870. The summed E-state index contributed by atoms with van der Waals surface area (Å²) in [5.74, 6) is -0.0929. The minimum absolute atomic E-state index is 0.0929. The van der Waals surface area contributed by atoms with Gasteiger partial charge in [-0.3, -0.25) is 4.79 Å². The zero-order valence-electron chi connectivity index (χ0n) is 10.2. The fourth-order valence-electron chi connectivity index (χ4n) is 1.61. The Morgan fingerprint density at radius 3 is 2.50 bits per heavy atom. The van der Waals surface area contributed by atoms with E-state index in [9.17, 15) is 4.79 Å². The maximum atomic E-state index is 12.1. The van der Waals surface area contributed by atoms with Crippen molar-refractivity contribution in [2.24, 2.45) is 0 Å². The summed E-state index contributed by atoms with van der Waals surface area (Å²) < 4.78 is 0. The van der Waals surface area contributed by atoms with Crippen LogP contribution >= 0.6 is 27.3 Å². The van der Waals surface area contributed by atoms with E-state index in [1.807, 2.05) is 38.1 Å². The first-order valence-corrected chi connectivity index (χ1v) is 7.44. The molecule has 1 amide bonds. The molecule has 1 aromatic carbocycles. The molecule has 2 aromatic rings. The van der Waals surface area contributed by atoms with E-state index >= 15 is 0 Å². The van der Waals surface area contributed by atoms with Crippen LogP contribution in [0.1, 0.15) is 25.9 Å². The van der Waals surface area contributed by atoms with Crippen LogP contribution in [-0.4, -0.2) is 10.9 Å². The molecule has 3 nitrogen and oxygen atoms in total. The van der Waals surface area contributed by atoms with Crippen molar-refractivity contribution in [3.63, 3.8) is 0 Å². The molecule has 0 aliphatic carbocycles. The molecule has 0 fully saturated rings. The number of hydrogen-bond donors (Lipinski definition) is 1. The van der Waals surface area contributed by atoms with Crippen LogP contribution in [0.4, 0.5) is 5.69 Å². The van der Waals surface area contributed by atoms with Gasteiger partial charge in [-0.1, -0.05) is 28.1 Å². The molecule has 0 radical (unpaired) electrons. The van der Waals surface area contributed by atoms with Gasteiger partial charge in [0, 0.05) is 11.0 Å². The topological polar surface area (TPSA) is 42.0 Å². The zero-order chi connectivity index (χ0) is 13.1. The molecule has 0 atom stereocenters. The van der Waals surface area contributed by atoms with Gasteiger partial charge in [-0.15, -0.1) is 11.3 Å². The average Bonchev–Trinajstić information content (AvgIpc) is 2.69. The molecule has 0 saturated heterocycles. The number of aryl methyl sites for hydroxylation is 2. The van der Waals surface area contributed by atoms with Gasteiger partial charge in [0.2, 0.25) is 0 Å². The summed E-state index contributed by atoms with van der Waals surface area (Å²) in [6.45, 7) is 3.76. The summed E-state index contributed by atoms with van der Waals surface area (Å²) in [6, 6.07) is 7.76. The van der Waals surface area contributed by atoms with Crippen molar-refractivity contribution in [1.82, 2.24) is 4.98 Å². The van der Waals surface area contributed by atoms with Crippen LogP contribution in [0.5, 0.6) is 0 Å². The van der Waals surface area contributed by atoms with Gasteiger partial charge in [0.25, 0.3) is 5.91 Å². The monoisotopic (exact) mass is 324 g/mol. The first-order valence-electron chi connectivity index (χ1n) is 5.50.